The van der Waals surface area contributed by atoms with Crippen LogP contribution >= 0.6 is 11.6 Å². The van der Waals surface area contributed by atoms with E-state index in [9.17, 15) is 4.79 Å². The molecular weight excluding hydrogens is 356 g/mol. The number of nitrogens with one attached hydrogen (secondary N) is 1. The number of hydrogen-bond acceptors (Lipinski definition) is 2. The molecule has 3 aromatic carbocycles. The number of benzene rings is 3. The van der Waals surface area contributed by atoms with Gasteiger partial charge in [0.1, 0.15) is 0 Å². The maximum absolute atomic E-state index is 12.4. The molecule has 27 heavy (non-hydrogen) atoms. The van der Waals surface area contributed by atoms with Gasteiger partial charge in [0.25, 0.3) is 5.91 Å². The van der Waals surface area contributed by atoms with Gasteiger partial charge in [-0.25, -0.2) is 0 Å². The van der Waals surface area contributed by atoms with Crippen molar-refractivity contribution in [2.75, 3.05) is 11.4 Å². The zero-order valence-electron chi connectivity index (χ0n) is 15.0. The number of amides is 1. The van der Waals surface area contributed by atoms with Gasteiger partial charge in [-0.3, -0.25) is 4.79 Å². The molecule has 1 aliphatic rings. The number of fused-ring (bicyclic) bond motifs is 1. The summed E-state index contributed by atoms with van der Waals surface area (Å²) < 4.78 is 0. The Labute approximate surface area is 164 Å². The maximum Gasteiger partial charge on any atom is 0.251 e. The van der Waals surface area contributed by atoms with Crippen LogP contribution in [0.25, 0.3) is 0 Å². The number of carbonyl (C=O) groups excluding carboxylic acids is 1. The maximum atomic E-state index is 12.4. The highest BCUT2D eigenvalue weighted by Crippen LogP contribution is 2.28. The highest BCUT2D eigenvalue weighted by Gasteiger charge is 2.18. The molecule has 1 heterocycles. The van der Waals surface area contributed by atoms with Gasteiger partial charge in [0.15, 0.2) is 0 Å². The molecule has 3 nitrogen and oxygen atoms in total. The molecule has 3 aromatic rings. The van der Waals surface area contributed by atoms with E-state index in [0.717, 1.165) is 35.8 Å². The highest BCUT2D eigenvalue weighted by atomic mass is 35.5. The molecule has 0 radical (unpaired) electrons. The van der Waals surface area contributed by atoms with Gasteiger partial charge in [-0.2, -0.15) is 0 Å². The quantitative estimate of drug-likeness (QED) is 0.691. The molecule has 4 rings (SSSR count). The molecule has 0 aromatic heterocycles. The highest BCUT2D eigenvalue weighted by molar-refractivity contribution is 6.30. The van der Waals surface area contributed by atoms with Gasteiger partial charge in [-0.1, -0.05) is 48.0 Å². The summed E-state index contributed by atoms with van der Waals surface area (Å²) in [5.41, 5.74) is 5.69. The lowest BCUT2D eigenvalue weighted by Crippen LogP contribution is -2.25. The van der Waals surface area contributed by atoms with Gasteiger partial charge in [0.05, 0.1) is 0 Å². The fourth-order valence-electron chi connectivity index (χ4n) is 3.45. The second kappa shape index (κ2) is 7.85. The third-order valence-electron chi connectivity index (χ3n) is 4.92. The Kier molecular flexibility index (Phi) is 5.12. The van der Waals surface area contributed by atoms with Gasteiger partial charge >= 0.3 is 0 Å². The number of hydrogen-bond donors (Lipinski definition) is 1. The molecule has 136 valence electrons. The zero-order valence-corrected chi connectivity index (χ0v) is 15.7. The van der Waals surface area contributed by atoms with Crippen LogP contribution in [0, 0.1) is 0 Å². The zero-order chi connectivity index (χ0) is 18.6. The first-order valence-corrected chi connectivity index (χ1v) is 9.51. The van der Waals surface area contributed by atoms with E-state index in [2.05, 4.69) is 34.5 Å². The van der Waals surface area contributed by atoms with Crippen molar-refractivity contribution in [3.05, 3.63) is 100 Å². The van der Waals surface area contributed by atoms with Gasteiger partial charge in [0, 0.05) is 35.9 Å². The predicted octanol–water partition coefficient (Wildman–Crippen LogP) is 4.83. The molecule has 0 bridgehead atoms. The Morgan fingerprint density at radius 3 is 2.30 bits per heavy atom. The summed E-state index contributed by atoms with van der Waals surface area (Å²) in [6, 6.07) is 24.1. The van der Waals surface area contributed by atoms with Crippen LogP contribution in [-0.4, -0.2) is 12.5 Å². The summed E-state index contributed by atoms with van der Waals surface area (Å²) in [6.45, 7) is 2.42. The fourth-order valence-corrected chi connectivity index (χ4v) is 3.67. The Morgan fingerprint density at radius 2 is 1.63 bits per heavy atom. The van der Waals surface area contributed by atoms with Crippen LogP contribution < -0.4 is 10.2 Å². The SMILES string of the molecule is O=C(NCCc1cccc(Cl)c1)c1ccc(N2Cc3ccccc3C2)cc1. The number of carbonyl (C=O) groups is 1. The van der Waals surface area contributed by atoms with Crippen LogP contribution in [-0.2, 0) is 19.5 Å². The lowest BCUT2D eigenvalue weighted by Gasteiger charge is -2.18. The molecule has 1 amide bonds. The molecule has 0 saturated heterocycles. The van der Waals surface area contributed by atoms with Gasteiger partial charge in [0.2, 0.25) is 0 Å². The van der Waals surface area contributed by atoms with E-state index >= 15 is 0 Å². The molecule has 0 saturated carbocycles. The van der Waals surface area contributed by atoms with Crippen molar-refractivity contribution >= 4 is 23.2 Å². The average molecular weight is 377 g/mol. The van der Waals surface area contributed by atoms with Crippen molar-refractivity contribution in [2.45, 2.75) is 19.5 Å². The molecular formula is C23H21ClN2O. The van der Waals surface area contributed by atoms with E-state index in [0.29, 0.717) is 12.1 Å². The van der Waals surface area contributed by atoms with Crippen molar-refractivity contribution in [2.24, 2.45) is 0 Å². The lowest BCUT2D eigenvalue weighted by molar-refractivity contribution is 0.0954. The van der Waals surface area contributed by atoms with Crippen LogP contribution in [0.1, 0.15) is 27.0 Å². The van der Waals surface area contributed by atoms with Gasteiger partial charge in [-0.15, -0.1) is 0 Å². The first kappa shape index (κ1) is 17.6. The Balaban J connectivity index is 1.33. The first-order chi connectivity index (χ1) is 13.2. The Hall–Kier alpha value is -2.78. The second-order valence-electron chi connectivity index (χ2n) is 6.81. The molecule has 0 atom stereocenters. The van der Waals surface area contributed by atoms with Gasteiger partial charge < -0.3 is 10.2 Å². The summed E-state index contributed by atoms with van der Waals surface area (Å²) in [4.78, 5) is 14.7. The second-order valence-corrected chi connectivity index (χ2v) is 7.24. The minimum absolute atomic E-state index is 0.0479. The Morgan fingerprint density at radius 1 is 0.926 bits per heavy atom. The van der Waals surface area contributed by atoms with Crippen molar-refractivity contribution in [3.8, 4) is 0 Å². The van der Waals surface area contributed by atoms with Crippen molar-refractivity contribution in [3.63, 3.8) is 0 Å². The summed E-state index contributed by atoms with van der Waals surface area (Å²) in [7, 11) is 0. The van der Waals surface area contributed by atoms with Crippen LogP contribution in [0.3, 0.4) is 0 Å². The van der Waals surface area contributed by atoms with E-state index in [1.165, 1.54) is 11.1 Å². The number of rotatable bonds is 5. The van der Waals surface area contributed by atoms with Gasteiger partial charge in [-0.05, 0) is 59.5 Å². The number of nitrogens with zero attached hydrogens (tertiary/aromatic N) is 1. The standard InChI is InChI=1S/C23H21ClN2O/c24-21-7-3-4-17(14-21)12-13-25-23(27)18-8-10-22(11-9-18)26-15-19-5-1-2-6-20(19)16-26/h1-11,14H,12-13,15-16H2,(H,25,27). The normalized spacial score (nSPS) is 12.7. The molecule has 1 N–H and O–H groups in total. The summed E-state index contributed by atoms with van der Waals surface area (Å²) >= 11 is 5.99. The van der Waals surface area contributed by atoms with E-state index in [-0.39, 0.29) is 5.91 Å². The molecule has 1 aliphatic heterocycles. The number of anilines is 1. The van der Waals surface area contributed by atoms with E-state index < -0.39 is 0 Å². The third-order valence-corrected chi connectivity index (χ3v) is 5.16. The molecule has 4 heteroatoms. The topological polar surface area (TPSA) is 32.3 Å². The van der Waals surface area contributed by atoms with E-state index in [4.69, 9.17) is 11.6 Å². The van der Waals surface area contributed by atoms with Crippen molar-refractivity contribution in [1.29, 1.82) is 0 Å². The average Bonchev–Trinajstić information content (AvgIpc) is 3.12. The first-order valence-electron chi connectivity index (χ1n) is 9.13. The van der Waals surface area contributed by atoms with Crippen LogP contribution in [0.4, 0.5) is 5.69 Å². The minimum Gasteiger partial charge on any atom is -0.363 e. The molecule has 0 aliphatic carbocycles. The fraction of sp³-hybridized carbons (Fsp3) is 0.174. The monoisotopic (exact) mass is 376 g/mol. The van der Waals surface area contributed by atoms with Crippen molar-refractivity contribution < 1.29 is 4.79 Å². The Bertz CT molecular complexity index is 928. The summed E-state index contributed by atoms with van der Waals surface area (Å²) in [5.74, 6) is -0.0479. The van der Waals surface area contributed by atoms with Crippen LogP contribution in [0.5, 0.6) is 0 Å². The molecule has 0 spiro atoms. The lowest BCUT2D eigenvalue weighted by atomic mass is 10.1. The van der Waals surface area contributed by atoms with E-state index in [1.54, 1.807) is 0 Å². The predicted molar refractivity (Wildman–Crippen MR) is 110 cm³/mol. The largest absolute Gasteiger partial charge is 0.363 e. The third kappa shape index (κ3) is 4.15. The molecule has 0 fully saturated rings. The van der Waals surface area contributed by atoms with E-state index in [1.807, 2.05) is 48.5 Å². The minimum atomic E-state index is -0.0479. The summed E-state index contributed by atoms with van der Waals surface area (Å²) in [6.07, 6.45) is 0.760. The van der Waals surface area contributed by atoms with Crippen LogP contribution in [0.2, 0.25) is 5.02 Å². The number of halogens is 1. The summed E-state index contributed by atoms with van der Waals surface area (Å²) in [5, 5.41) is 3.70. The molecule has 0 unspecified atom stereocenters. The van der Waals surface area contributed by atoms with Crippen LogP contribution in [0.15, 0.2) is 72.8 Å². The van der Waals surface area contributed by atoms with Crippen molar-refractivity contribution in [1.82, 2.24) is 5.32 Å². The smallest absolute Gasteiger partial charge is 0.251 e.